The lowest BCUT2D eigenvalue weighted by Gasteiger charge is -2.18. The van der Waals surface area contributed by atoms with Gasteiger partial charge >= 0.3 is 11.9 Å². The van der Waals surface area contributed by atoms with Crippen molar-refractivity contribution in [2.45, 2.75) is 33.0 Å². The molecule has 0 aliphatic heterocycles. The van der Waals surface area contributed by atoms with Gasteiger partial charge < -0.3 is 14.2 Å². The summed E-state index contributed by atoms with van der Waals surface area (Å²) in [5.41, 5.74) is 0.587. The highest BCUT2D eigenvalue weighted by Gasteiger charge is 2.19. The van der Waals surface area contributed by atoms with E-state index in [-0.39, 0.29) is 12.8 Å². The van der Waals surface area contributed by atoms with Crippen molar-refractivity contribution >= 4 is 11.9 Å². The van der Waals surface area contributed by atoms with E-state index in [0.717, 1.165) is 0 Å². The summed E-state index contributed by atoms with van der Waals surface area (Å²) in [6.45, 7) is 3.35. The van der Waals surface area contributed by atoms with Crippen molar-refractivity contribution < 1.29 is 23.8 Å². The van der Waals surface area contributed by atoms with Crippen molar-refractivity contribution in [2.75, 3.05) is 7.11 Å². The predicted molar refractivity (Wildman–Crippen MR) is 68.5 cm³/mol. The fraction of sp³-hybridized carbons (Fsp3) is 0.429. The first-order chi connectivity index (χ1) is 9.10. The quantitative estimate of drug-likeness (QED) is 0.585. The SMILES string of the molecule is CCC(=O)OC(OC(=O)CC)c1ccc(OC)cc1. The minimum atomic E-state index is -1.01. The van der Waals surface area contributed by atoms with Gasteiger partial charge in [-0.3, -0.25) is 9.59 Å². The molecule has 0 saturated heterocycles. The van der Waals surface area contributed by atoms with E-state index >= 15 is 0 Å². The molecule has 0 heterocycles. The first-order valence-corrected chi connectivity index (χ1v) is 6.13. The van der Waals surface area contributed by atoms with Crippen LogP contribution in [0.25, 0.3) is 0 Å². The van der Waals surface area contributed by atoms with Crippen molar-refractivity contribution in [3.63, 3.8) is 0 Å². The zero-order chi connectivity index (χ0) is 14.3. The van der Waals surface area contributed by atoms with Crippen LogP contribution in [-0.2, 0) is 19.1 Å². The molecule has 1 rings (SSSR count). The Morgan fingerprint density at radius 2 is 1.47 bits per heavy atom. The van der Waals surface area contributed by atoms with Crippen LogP contribution in [-0.4, -0.2) is 19.0 Å². The number of carbonyl (C=O) groups is 2. The molecule has 0 aliphatic rings. The number of ether oxygens (including phenoxy) is 3. The average molecular weight is 266 g/mol. The molecule has 0 amide bonds. The van der Waals surface area contributed by atoms with Crippen LogP contribution in [0.2, 0.25) is 0 Å². The summed E-state index contributed by atoms with van der Waals surface area (Å²) in [7, 11) is 1.56. The van der Waals surface area contributed by atoms with Gasteiger partial charge in [0.25, 0.3) is 6.29 Å². The largest absolute Gasteiger partial charge is 0.497 e. The Bertz CT molecular complexity index is 406. The third kappa shape index (κ3) is 4.62. The number of esters is 2. The molecule has 5 nitrogen and oxygen atoms in total. The fourth-order valence-electron chi connectivity index (χ4n) is 1.33. The molecule has 0 bridgehead atoms. The molecule has 1 aromatic rings. The Labute approximate surface area is 112 Å². The van der Waals surface area contributed by atoms with E-state index in [1.807, 2.05) is 0 Å². The normalized spacial score (nSPS) is 10.1. The summed E-state index contributed by atoms with van der Waals surface area (Å²) in [5, 5.41) is 0. The van der Waals surface area contributed by atoms with Crippen LogP contribution in [0, 0.1) is 0 Å². The van der Waals surface area contributed by atoms with Gasteiger partial charge in [0.1, 0.15) is 5.75 Å². The number of carbonyl (C=O) groups excluding carboxylic acids is 2. The molecule has 0 unspecified atom stereocenters. The highest BCUT2D eigenvalue weighted by atomic mass is 16.7. The van der Waals surface area contributed by atoms with E-state index < -0.39 is 18.2 Å². The molecular formula is C14H18O5. The van der Waals surface area contributed by atoms with Gasteiger partial charge in [-0.1, -0.05) is 13.8 Å². The van der Waals surface area contributed by atoms with E-state index in [4.69, 9.17) is 14.2 Å². The maximum Gasteiger partial charge on any atom is 0.308 e. The molecule has 0 N–H and O–H groups in total. The summed E-state index contributed by atoms with van der Waals surface area (Å²) in [6.07, 6.45) is -0.571. The lowest BCUT2D eigenvalue weighted by molar-refractivity contribution is -0.189. The van der Waals surface area contributed by atoms with E-state index in [2.05, 4.69) is 0 Å². The second-order valence-electron chi connectivity index (χ2n) is 3.79. The Morgan fingerprint density at radius 3 is 1.84 bits per heavy atom. The topological polar surface area (TPSA) is 61.8 Å². The molecule has 1 aromatic carbocycles. The fourth-order valence-corrected chi connectivity index (χ4v) is 1.33. The van der Waals surface area contributed by atoms with Crippen LogP contribution in [0.3, 0.4) is 0 Å². The molecule has 0 aliphatic carbocycles. The van der Waals surface area contributed by atoms with Crippen LogP contribution in [0.4, 0.5) is 0 Å². The summed E-state index contributed by atoms with van der Waals surface area (Å²) in [5.74, 6) is -0.180. The Morgan fingerprint density at radius 1 is 1.00 bits per heavy atom. The first-order valence-electron chi connectivity index (χ1n) is 6.13. The van der Waals surface area contributed by atoms with Crippen LogP contribution in [0.5, 0.6) is 5.75 Å². The summed E-state index contributed by atoms with van der Waals surface area (Å²) in [4.78, 5) is 22.7. The number of hydrogen-bond donors (Lipinski definition) is 0. The lowest BCUT2D eigenvalue weighted by atomic mass is 10.2. The van der Waals surface area contributed by atoms with Crippen molar-refractivity contribution in [2.24, 2.45) is 0 Å². The molecule has 0 atom stereocenters. The predicted octanol–water partition coefficient (Wildman–Crippen LogP) is 2.60. The zero-order valence-electron chi connectivity index (χ0n) is 11.3. The van der Waals surface area contributed by atoms with Gasteiger partial charge in [-0.25, -0.2) is 0 Å². The lowest BCUT2D eigenvalue weighted by Crippen LogP contribution is -2.17. The number of rotatable bonds is 6. The third-order valence-electron chi connectivity index (χ3n) is 2.44. The molecule has 0 fully saturated rings. The van der Waals surface area contributed by atoms with Crippen LogP contribution in [0.1, 0.15) is 38.5 Å². The van der Waals surface area contributed by atoms with Crippen LogP contribution >= 0.6 is 0 Å². The minimum absolute atomic E-state index is 0.219. The van der Waals surface area contributed by atoms with Gasteiger partial charge in [0.2, 0.25) is 0 Å². The summed E-state index contributed by atoms with van der Waals surface area (Å²) in [6, 6.07) is 6.80. The molecule has 19 heavy (non-hydrogen) atoms. The number of benzene rings is 1. The maximum absolute atomic E-state index is 11.4. The highest BCUT2D eigenvalue weighted by Crippen LogP contribution is 2.23. The zero-order valence-corrected chi connectivity index (χ0v) is 11.3. The molecule has 0 spiro atoms. The van der Waals surface area contributed by atoms with E-state index in [0.29, 0.717) is 11.3 Å². The van der Waals surface area contributed by atoms with Gasteiger partial charge in [0.15, 0.2) is 0 Å². The van der Waals surface area contributed by atoms with Crippen molar-refractivity contribution in [1.29, 1.82) is 0 Å². The van der Waals surface area contributed by atoms with E-state index in [9.17, 15) is 9.59 Å². The van der Waals surface area contributed by atoms with Gasteiger partial charge in [0.05, 0.1) is 7.11 Å². The molecule has 5 heteroatoms. The van der Waals surface area contributed by atoms with E-state index in [1.165, 1.54) is 0 Å². The monoisotopic (exact) mass is 266 g/mol. The van der Waals surface area contributed by atoms with Crippen LogP contribution in [0.15, 0.2) is 24.3 Å². The van der Waals surface area contributed by atoms with Gasteiger partial charge in [-0.15, -0.1) is 0 Å². The molecule has 0 radical (unpaired) electrons. The average Bonchev–Trinajstić information content (AvgIpc) is 2.46. The van der Waals surface area contributed by atoms with Crippen molar-refractivity contribution in [3.05, 3.63) is 29.8 Å². The Hall–Kier alpha value is -2.04. The Kier molecular flexibility index (Phi) is 5.85. The number of hydrogen-bond acceptors (Lipinski definition) is 5. The van der Waals surface area contributed by atoms with Gasteiger partial charge in [-0.05, 0) is 24.3 Å². The van der Waals surface area contributed by atoms with Crippen LogP contribution < -0.4 is 4.74 Å². The second kappa shape index (κ2) is 7.41. The number of methoxy groups -OCH3 is 1. The highest BCUT2D eigenvalue weighted by molar-refractivity contribution is 5.71. The molecular weight excluding hydrogens is 248 g/mol. The standard InChI is InChI=1S/C14H18O5/c1-4-12(15)18-14(19-13(16)5-2)10-6-8-11(17-3)9-7-10/h6-9,14H,4-5H2,1-3H3. The second-order valence-corrected chi connectivity index (χ2v) is 3.79. The summed E-state index contributed by atoms with van der Waals surface area (Å²) < 4.78 is 15.3. The summed E-state index contributed by atoms with van der Waals surface area (Å²) >= 11 is 0. The smallest absolute Gasteiger partial charge is 0.308 e. The molecule has 104 valence electrons. The Balaban J connectivity index is 2.86. The van der Waals surface area contributed by atoms with Gasteiger partial charge in [-0.2, -0.15) is 0 Å². The van der Waals surface area contributed by atoms with Crippen molar-refractivity contribution in [3.8, 4) is 5.75 Å². The third-order valence-corrected chi connectivity index (χ3v) is 2.44. The van der Waals surface area contributed by atoms with Gasteiger partial charge in [0, 0.05) is 18.4 Å². The first kappa shape index (κ1) is 15.0. The minimum Gasteiger partial charge on any atom is -0.497 e. The maximum atomic E-state index is 11.4. The molecule has 0 saturated carbocycles. The van der Waals surface area contributed by atoms with Crippen molar-refractivity contribution in [1.82, 2.24) is 0 Å². The molecule has 0 aromatic heterocycles. The van der Waals surface area contributed by atoms with E-state index in [1.54, 1.807) is 45.2 Å².